The first-order valence-electron chi connectivity index (χ1n) is 6.35. The van der Waals surface area contributed by atoms with Crippen molar-refractivity contribution in [3.63, 3.8) is 0 Å². The molecule has 3 rings (SSSR count). The zero-order valence-corrected chi connectivity index (χ0v) is 11.5. The van der Waals surface area contributed by atoms with E-state index in [9.17, 15) is 13.5 Å². The van der Waals surface area contributed by atoms with Gasteiger partial charge in [-0.05, 0) is 23.3 Å². The molecule has 3 nitrogen and oxygen atoms in total. The molecule has 0 aliphatic heterocycles. The molecule has 1 aliphatic rings. The number of rotatable bonds is 2. The van der Waals surface area contributed by atoms with E-state index in [-0.39, 0.29) is 4.90 Å². The van der Waals surface area contributed by atoms with Crippen molar-refractivity contribution in [3.05, 3.63) is 71.8 Å². The van der Waals surface area contributed by atoms with E-state index in [0.717, 1.165) is 5.56 Å². The Hall–Kier alpha value is -1.91. The van der Waals surface area contributed by atoms with E-state index < -0.39 is 21.2 Å². The number of hydrogen-bond donors (Lipinski definition) is 1. The summed E-state index contributed by atoms with van der Waals surface area (Å²) in [6.07, 6.45) is 2.28. The fraction of sp³-hybridized carbons (Fsp3) is 0.125. The predicted molar refractivity (Wildman–Crippen MR) is 77.9 cm³/mol. The van der Waals surface area contributed by atoms with Gasteiger partial charge in [-0.2, -0.15) is 0 Å². The van der Waals surface area contributed by atoms with E-state index in [0.29, 0.717) is 5.56 Å². The fourth-order valence-electron chi connectivity index (χ4n) is 2.45. The molecule has 0 fully saturated rings. The van der Waals surface area contributed by atoms with Crippen LogP contribution in [0.15, 0.2) is 65.6 Å². The van der Waals surface area contributed by atoms with E-state index in [4.69, 9.17) is 0 Å². The van der Waals surface area contributed by atoms with Gasteiger partial charge in [-0.15, -0.1) is 0 Å². The van der Waals surface area contributed by atoms with Gasteiger partial charge in [0, 0.05) is 0 Å². The van der Waals surface area contributed by atoms with Crippen LogP contribution < -0.4 is 0 Å². The summed E-state index contributed by atoms with van der Waals surface area (Å²) >= 11 is 0. The van der Waals surface area contributed by atoms with Crippen LogP contribution in [0.1, 0.15) is 17.2 Å². The van der Waals surface area contributed by atoms with Crippen molar-refractivity contribution < 1.29 is 13.5 Å². The Balaban J connectivity index is 2.06. The van der Waals surface area contributed by atoms with Gasteiger partial charge in [-0.3, -0.25) is 0 Å². The second-order valence-electron chi connectivity index (χ2n) is 4.76. The second kappa shape index (κ2) is 4.89. The summed E-state index contributed by atoms with van der Waals surface area (Å²) in [6, 6.07) is 15.5. The van der Waals surface area contributed by atoms with Crippen molar-refractivity contribution in [2.75, 3.05) is 0 Å². The molecule has 2 atom stereocenters. The highest BCUT2D eigenvalue weighted by Gasteiger charge is 2.35. The summed E-state index contributed by atoms with van der Waals surface area (Å²) in [6.45, 7) is 0. The molecule has 0 saturated carbocycles. The number of hydrogen-bond acceptors (Lipinski definition) is 3. The lowest BCUT2D eigenvalue weighted by Gasteiger charge is -2.25. The number of fused-ring (bicyclic) bond motifs is 1. The fourth-order valence-corrected chi connectivity index (χ4v) is 4.08. The van der Waals surface area contributed by atoms with Crippen molar-refractivity contribution in [2.24, 2.45) is 0 Å². The number of aliphatic hydroxyl groups excluding tert-OH is 1. The van der Waals surface area contributed by atoms with Crippen LogP contribution in [0.3, 0.4) is 0 Å². The van der Waals surface area contributed by atoms with Gasteiger partial charge in [-0.25, -0.2) is 8.42 Å². The topological polar surface area (TPSA) is 54.4 Å². The molecular weight excluding hydrogens is 272 g/mol. The van der Waals surface area contributed by atoms with Crippen LogP contribution in [0.2, 0.25) is 0 Å². The van der Waals surface area contributed by atoms with Crippen LogP contribution in [-0.2, 0) is 9.84 Å². The van der Waals surface area contributed by atoms with Gasteiger partial charge in [0.2, 0.25) is 0 Å². The molecule has 1 N–H and O–H groups in total. The lowest BCUT2D eigenvalue weighted by molar-refractivity contribution is 0.182. The van der Waals surface area contributed by atoms with Crippen molar-refractivity contribution in [2.45, 2.75) is 16.2 Å². The Labute approximate surface area is 118 Å². The summed E-state index contributed by atoms with van der Waals surface area (Å²) in [5, 5.41) is 9.44. The average molecular weight is 286 g/mol. The molecular formula is C16H14O3S. The molecule has 20 heavy (non-hydrogen) atoms. The SMILES string of the molecule is O=S(=O)(c1ccccc1)[C@H]1C=Cc2ccccc2[C@@H]1O. The highest BCUT2D eigenvalue weighted by Crippen LogP contribution is 2.34. The van der Waals surface area contributed by atoms with Crippen LogP contribution >= 0.6 is 0 Å². The van der Waals surface area contributed by atoms with E-state index >= 15 is 0 Å². The first-order valence-corrected chi connectivity index (χ1v) is 7.89. The Morgan fingerprint density at radius 3 is 2.30 bits per heavy atom. The standard InChI is InChI=1S/C16H14O3S/c17-16-14-9-5-4-6-12(14)10-11-15(16)20(18,19)13-7-2-1-3-8-13/h1-11,15-17H/t15-,16-/m0/s1. The monoisotopic (exact) mass is 286 g/mol. The normalized spacial score (nSPS) is 21.4. The zero-order valence-electron chi connectivity index (χ0n) is 10.7. The van der Waals surface area contributed by atoms with Gasteiger partial charge in [-0.1, -0.05) is 54.6 Å². The van der Waals surface area contributed by atoms with Crippen LogP contribution in [0, 0.1) is 0 Å². The van der Waals surface area contributed by atoms with E-state index in [2.05, 4.69) is 0 Å². The molecule has 0 bridgehead atoms. The predicted octanol–water partition coefficient (Wildman–Crippen LogP) is 2.59. The molecule has 102 valence electrons. The largest absolute Gasteiger partial charge is 0.387 e. The molecule has 0 heterocycles. The second-order valence-corrected chi connectivity index (χ2v) is 6.86. The highest BCUT2D eigenvalue weighted by molar-refractivity contribution is 7.92. The Bertz CT molecular complexity index is 748. The molecule has 0 radical (unpaired) electrons. The van der Waals surface area contributed by atoms with Gasteiger partial charge in [0.05, 0.1) is 4.90 Å². The van der Waals surface area contributed by atoms with Crippen LogP contribution in [0.4, 0.5) is 0 Å². The van der Waals surface area contributed by atoms with E-state index in [1.807, 2.05) is 12.1 Å². The number of benzene rings is 2. The molecule has 2 aromatic carbocycles. The van der Waals surface area contributed by atoms with E-state index in [1.54, 1.807) is 54.6 Å². The molecule has 1 aliphatic carbocycles. The van der Waals surface area contributed by atoms with Crippen molar-refractivity contribution in [3.8, 4) is 0 Å². The zero-order chi connectivity index (χ0) is 14.2. The average Bonchev–Trinajstić information content (AvgIpc) is 2.48. The first kappa shape index (κ1) is 13.1. The molecule has 0 unspecified atom stereocenters. The van der Waals surface area contributed by atoms with Crippen molar-refractivity contribution in [1.82, 2.24) is 0 Å². The van der Waals surface area contributed by atoms with Gasteiger partial charge in [0.25, 0.3) is 0 Å². The Morgan fingerprint density at radius 2 is 1.55 bits per heavy atom. The maximum atomic E-state index is 12.6. The first-order chi connectivity index (χ1) is 9.60. The Kier molecular flexibility index (Phi) is 3.20. The van der Waals surface area contributed by atoms with Gasteiger partial charge < -0.3 is 5.11 Å². The summed E-state index contributed by atoms with van der Waals surface area (Å²) in [5.41, 5.74) is 1.51. The third kappa shape index (κ3) is 2.07. The minimum atomic E-state index is -3.59. The summed E-state index contributed by atoms with van der Waals surface area (Å²) in [5.74, 6) is 0. The van der Waals surface area contributed by atoms with Crippen molar-refractivity contribution >= 4 is 15.9 Å². The third-order valence-corrected chi connectivity index (χ3v) is 5.58. The smallest absolute Gasteiger partial charge is 0.187 e. The number of aliphatic hydroxyl groups is 1. The van der Waals surface area contributed by atoms with Crippen molar-refractivity contribution in [1.29, 1.82) is 0 Å². The highest BCUT2D eigenvalue weighted by atomic mass is 32.2. The molecule has 0 spiro atoms. The molecule has 2 aromatic rings. The summed E-state index contributed by atoms with van der Waals surface area (Å²) in [4.78, 5) is 0.230. The molecule has 0 aromatic heterocycles. The summed E-state index contributed by atoms with van der Waals surface area (Å²) < 4.78 is 25.2. The quantitative estimate of drug-likeness (QED) is 0.923. The van der Waals surface area contributed by atoms with Gasteiger partial charge in [0.15, 0.2) is 9.84 Å². The van der Waals surface area contributed by atoms with E-state index in [1.165, 1.54) is 0 Å². The third-order valence-electron chi connectivity index (χ3n) is 3.52. The minimum absolute atomic E-state index is 0.230. The lowest BCUT2D eigenvalue weighted by Crippen LogP contribution is -2.29. The maximum Gasteiger partial charge on any atom is 0.187 e. The molecule has 0 amide bonds. The van der Waals surface area contributed by atoms with Crippen LogP contribution in [-0.4, -0.2) is 18.8 Å². The maximum absolute atomic E-state index is 12.6. The minimum Gasteiger partial charge on any atom is -0.387 e. The molecule has 4 heteroatoms. The Morgan fingerprint density at radius 1 is 0.900 bits per heavy atom. The summed E-state index contributed by atoms with van der Waals surface area (Å²) in [7, 11) is -3.59. The number of sulfone groups is 1. The molecule has 0 saturated heterocycles. The van der Waals surface area contributed by atoms with Gasteiger partial charge >= 0.3 is 0 Å². The van der Waals surface area contributed by atoms with Crippen LogP contribution in [0.25, 0.3) is 6.08 Å². The van der Waals surface area contributed by atoms with Crippen LogP contribution in [0.5, 0.6) is 0 Å². The van der Waals surface area contributed by atoms with Gasteiger partial charge in [0.1, 0.15) is 11.4 Å². The lowest BCUT2D eigenvalue weighted by atomic mass is 9.95.